The highest BCUT2D eigenvalue weighted by Crippen LogP contribution is 2.24. The lowest BCUT2D eigenvalue weighted by Crippen LogP contribution is -3.00. The first-order valence-corrected chi connectivity index (χ1v) is 7.78. The zero-order valence-electron chi connectivity index (χ0n) is 12.5. The molecule has 2 aromatic carbocycles. The van der Waals surface area contributed by atoms with Gasteiger partial charge in [0.2, 0.25) is 5.78 Å². The Hall–Kier alpha value is -1.75. The predicted octanol–water partition coefficient (Wildman–Crippen LogP) is 1.23. The van der Waals surface area contributed by atoms with E-state index < -0.39 is 0 Å². The molecular weight excluding hydrogens is 411 g/mol. The maximum absolute atomic E-state index is 12.2. The first-order valence-electron chi connectivity index (χ1n) is 7.02. The van der Waals surface area contributed by atoms with Gasteiger partial charge in [-0.2, -0.15) is 0 Å². The van der Waals surface area contributed by atoms with Gasteiger partial charge < -0.3 is 17.0 Å². The molecule has 0 unspecified atom stereocenters. The van der Waals surface area contributed by atoms with E-state index in [-0.39, 0.29) is 29.3 Å². The van der Waals surface area contributed by atoms with Crippen molar-refractivity contribution in [1.29, 1.82) is 0 Å². The van der Waals surface area contributed by atoms with Crippen molar-refractivity contribution in [2.75, 3.05) is 0 Å². The first kappa shape index (κ1) is 18.6. The van der Waals surface area contributed by atoms with Gasteiger partial charge in [-0.25, -0.2) is 4.57 Å². The number of carbonyl (C=O) groups is 1. The minimum atomic E-state index is -0.000963. The number of halogens is 3. The van der Waals surface area contributed by atoms with E-state index in [4.69, 9.17) is 23.2 Å². The average molecular weight is 424 g/mol. The molecule has 0 aliphatic heterocycles. The predicted molar refractivity (Wildman–Crippen MR) is 90.7 cm³/mol. The van der Waals surface area contributed by atoms with Gasteiger partial charge in [0.25, 0.3) is 6.33 Å². The molecule has 0 N–H and O–H groups in total. The number of benzene rings is 2. The van der Waals surface area contributed by atoms with Crippen LogP contribution in [-0.2, 0) is 6.54 Å². The van der Waals surface area contributed by atoms with Crippen molar-refractivity contribution in [2.24, 2.45) is 0 Å². The number of Topliss-reactive ketones (excluding diaryl/α,β-unsaturated/α-hetero) is 1. The molecule has 6 heteroatoms. The second-order valence-electron chi connectivity index (χ2n) is 5.03. The Morgan fingerprint density at radius 2 is 1.71 bits per heavy atom. The molecule has 0 amide bonds. The fraction of sp³-hybridized carbons (Fsp3) is 0.0556. The van der Waals surface area contributed by atoms with Gasteiger partial charge >= 0.3 is 0 Å². The standard InChI is InChI=1S/C18H13Cl2N2O.BrH/c19-14-7-5-13(6-8-14)18(23)11-22-10-9-17(21-12-22)15-3-1-2-4-16(15)20;/h1-10,12H,11H2;1H/q+1;/p-1. The molecule has 0 radical (unpaired) electrons. The fourth-order valence-corrected chi connectivity index (χ4v) is 2.56. The molecular formula is C18H13BrCl2N2O. The van der Waals surface area contributed by atoms with Gasteiger partial charge in [0.1, 0.15) is 0 Å². The third kappa shape index (κ3) is 4.41. The van der Waals surface area contributed by atoms with Gasteiger partial charge in [0.05, 0.1) is 11.2 Å². The lowest BCUT2D eigenvalue weighted by molar-refractivity contribution is -0.686. The number of hydrogen-bond donors (Lipinski definition) is 0. The SMILES string of the molecule is O=C(C[n+]1ccc(-c2ccccc2Cl)nc1)c1ccc(Cl)cc1.[Br-]. The fourth-order valence-electron chi connectivity index (χ4n) is 2.20. The molecule has 0 spiro atoms. The number of rotatable bonds is 4. The van der Waals surface area contributed by atoms with Crippen LogP contribution in [-0.4, -0.2) is 10.8 Å². The van der Waals surface area contributed by atoms with Gasteiger partial charge in [-0.1, -0.05) is 35.3 Å². The van der Waals surface area contributed by atoms with E-state index in [2.05, 4.69) is 4.98 Å². The third-order valence-electron chi connectivity index (χ3n) is 3.41. The van der Waals surface area contributed by atoms with Crippen LogP contribution in [0, 0.1) is 0 Å². The second kappa shape index (κ2) is 8.38. The van der Waals surface area contributed by atoms with E-state index >= 15 is 0 Å². The number of carbonyl (C=O) groups excluding carboxylic acids is 1. The Kier molecular flexibility index (Phi) is 6.49. The third-order valence-corrected chi connectivity index (χ3v) is 3.99. The van der Waals surface area contributed by atoms with Crippen molar-refractivity contribution in [1.82, 2.24) is 4.98 Å². The van der Waals surface area contributed by atoms with Crippen molar-refractivity contribution in [2.45, 2.75) is 6.54 Å². The van der Waals surface area contributed by atoms with Gasteiger partial charge in [0, 0.05) is 22.2 Å². The molecule has 0 aliphatic rings. The zero-order valence-corrected chi connectivity index (χ0v) is 15.6. The highest BCUT2D eigenvalue weighted by atomic mass is 79.9. The number of hydrogen-bond acceptors (Lipinski definition) is 2. The van der Waals surface area contributed by atoms with E-state index in [9.17, 15) is 4.79 Å². The molecule has 3 aromatic rings. The summed E-state index contributed by atoms with van der Waals surface area (Å²) in [6.45, 7) is 0.220. The summed E-state index contributed by atoms with van der Waals surface area (Å²) in [7, 11) is 0. The van der Waals surface area contributed by atoms with E-state index in [0.29, 0.717) is 15.6 Å². The minimum absolute atomic E-state index is 0. The molecule has 0 aliphatic carbocycles. The van der Waals surface area contributed by atoms with Crippen LogP contribution < -0.4 is 21.5 Å². The van der Waals surface area contributed by atoms with Gasteiger partial charge in [0.15, 0.2) is 12.2 Å². The maximum atomic E-state index is 12.2. The molecule has 0 saturated carbocycles. The maximum Gasteiger partial charge on any atom is 0.287 e. The van der Waals surface area contributed by atoms with Crippen molar-refractivity contribution in [3.05, 3.63) is 82.7 Å². The average Bonchev–Trinajstić information content (AvgIpc) is 2.57. The van der Waals surface area contributed by atoms with Crippen LogP contribution in [0.25, 0.3) is 11.3 Å². The van der Waals surface area contributed by atoms with Crippen LogP contribution in [0.5, 0.6) is 0 Å². The Morgan fingerprint density at radius 1 is 1.00 bits per heavy atom. The number of ketones is 1. The summed E-state index contributed by atoms with van der Waals surface area (Å²) >= 11 is 12.0. The first-order chi connectivity index (χ1) is 11.1. The van der Waals surface area contributed by atoms with E-state index in [1.54, 1.807) is 35.2 Å². The molecule has 122 valence electrons. The summed E-state index contributed by atoms with van der Waals surface area (Å²) in [5, 5.41) is 1.26. The molecule has 1 aromatic heterocycles. The van der Waals surface area contributed by atoms with Crippen LogP contribution in [0.3, 0.4) is 0 Å². The molecule has 0 fully saturated rings. The van der Waals surface area contributed by atoms with Crippen LogP contribution in [0.1, 0.15) is 10.4 Å². The largest absolute Gasteiger partial charge is 1.00 e. The van der Waals surface area contributed by atoms with Gasteiger partial charge in [-0.05, 0) is 41.4 Å². The molecule has 3 rings (SSSR count). The number of aromatic nitrogens is 2. The topological polar surface area (TPSA) is 33.8 Å². The Balaban J connectivity index is 0.00000208. The molecule has 0 saturated heterocycles. The Bertz CT molecular complexity index is 836. The number of nitrogens with zero attached hydrogens (tertiary/aromatic N) is 2. The van der Waals surface area contributed by atoms with Crippen molar-refractivity contribution >= 4 is 29.0 Å². The quantitative estimate of drug-likeness (QED) is 0.467. The van der Waals surface area contributed by atoms with Crippen molar-refractivity contribution < 1.29 is 26.3 Å². The molecule has 24 heavy (non-hydrogen) atoms. The smallest absolute Gasteiger partial charge is 0.287 e. The van der Waals surface area contributed by atoms with Crippen LogP contribution in [0.4, 0.5) is 0 Å². The van der Waals surface area contributed by atoms with Gasteiger partial charge in [-0.15, -0.1) is 0 Å². The zero-order chi connectivity index (χ0) is 16.2. The highest BCUT2D eigenvalue weighted by molar-refractivity contribution is 6.33. The Labute approximate surface area is 160 Å². The van der Waals surface area contributed by atoms with Crippen LogP contribution in [0.15, 0.2) is 67.1 Å². The summed E-state index contributed by atoms with van der Waals surface area (Å²) in [4.78, 5) is 16.6. The molecule has 3 nitrogen and oxygen atoms in total. The summed E-state index contributed by atoms with van der Waals surface area (Å²) in [6.07, 6.45) is 3.45. The summed E-state index contributed by atoms with van der Waals surface area (Å²) in [5.74, 6) is -0.000963. The Morgan fingerprint density at radius 3 is 2.33 bits per heavy atom. The lowest BCUT2D eigenvalue weighted by Gasteiger charge is -2.02. The van der Waals surface area contributed by atoms with Crippen LogP contribution in [0.2, 0.25) is 10.0 Å². The molecule has 0 atom stereocenters. The second-order valence-corrected chi connectivity index (χ2v) is 5.87. The molecule has 1 heterocycles. The van der Waals surface area contributed by atoms with E-state index in [1.807, 2.05) is 36.5 Å². The summed E-state index contributed by atoms with van der Waals surface area (Å²) in [5.41, 5.74) is 2.26. The van der Waals surface area contributed by atoms with Crippen LogP contribution >= 0.6 is 23.2 Å². The minimum Gasteiger partial charge on any atom is -1.00 e. The molecule has 0 bridgehead atoms. The van der Waals surface area contributed by atoms with Crippen molar-refractivity contribution in [3.63, 3.8) is 0 Å². The van der Waals surface area contributed by atoms with E-state index in [0.717, 1.165) is 11.3 Å². The van der Waals surface area contributed by atoms with Crippen molar-refractivity contribution in [3.8, 4) is 11.3 Å². The summed E-state index contributed by atoms with van der Waals surface area (Å²) in [6, 6.07) is 16.2. The highest BCUT2D eigenvalue weighted by Gasteiger charge is 2.13. The normalized spacial score (nSPS) is 10.1. The monoisotopic (exact) mass is 422 g/mol. The lowest BCUT2D eigenvalue weighted by atomic mass is 10.1. The summed E-state index contributed by atoms with van der Waals surface area (Å²) < 4.78 is 1.73. The van der Waals surface area contributed by atoms with Gasteiger partial charge in [-0.3, -0.25) is 4.79 Å². The van der Waals surface area contributed by atoms with E-state index in [1.165, 1.54) is 0 Å².